The first-order chi connectivity index (χ1) is 28.8. The molecule has 0 aliphatic carbocycles. The van der Waals surface area contributed by atoms with Crippen LogP contribution in [0.25, 0.3) is 0 Å². The van der Waals surface area contributed by atoms with Crippen LogP contribution in [0.15, 0.2) is 0 Å². The third-order valence-electron chi connectivity index (χ3n) is 10.1. The molecule has 5 unspecified atom stereocenters. The van der Waals surface area contributed by atoms with E-state index in [-0.39, 0.29) is 12.8 Å². The smallest absolute Gasteiger partial charge is 0.463 e. The Balaban J connectivity index is 3.87. The van der Waals surface area contributed by atoms with Crippen LogP contribution in [-0.4, -0.2) is 95.0 Å². The normalized spacial score (nSPS) is 15.2. The standard InChI is InChI=1S/C43H86O15P2/c1-3-5-7-9-11-13-15-17-18-20-22-24-26-28-30-32-43(48)54-34-40(45)36-56-60(51,52)58-38-41(46)37-57-59(49,50)55-35-39(44)33-53-42(47)31-29-27-25-23-21-19-16-14-12-10-8-6-4-2/h39-41,44-46H,3-38H2,1-2H3,(H,49,50)(H,51,52). The average molecular weight is 905 g/mol. The maximum Gasteiger partial charge on any atom is 0.472 e. The second-order valence-corrected chi connectivity index (χ2v) is 19.0. The van der Waals surface area contributed by atoms with Crippen molar-refractivity contribution in [3.05, 3.63) is 0 Å². The van der Waals surface area contributed by atoms with Crippen LogP contribution in [0.1, 0.15) is 206 Å². The highest BCUT2D eigenvalue weighted by Crippen LogP contribution is 2.45. The Morgan fingerprint density at radius 1 is 0.367 bits per heavy atom. The van der Waals surface area contributed by atoms with Gasteiger partial charge in [0, 0.05) is 12.8 Å². The van der Waals surface area contributed by atoms with Gasteiger partial charge in [-0.2, -0.15) is 0 Å². The number of carbonyl (C=O) groups is 2. The molecule has 0 aromatic heterocycles. The number of unbranched alkanes of at least 4 members (excludes halogenated alkanes) is 26. The van der Waals surface area contributed by atoms with E-state index in [4.69, 9.17) is 9.47 Å². The second kappa shape index (κ2) is 40.8. The summed E-state index contributed by atoms with van der Waals surface area (Å²) in [7, 11) is -9.55. The minimum absolute atomic E-state index is 0.203. The number of esters is 2. The Labute approximate surface area is 362 Å². The van der Waals surface area contributed by atoms with Crippen LogP contribution in [0, 0.1) is 0 Å². The molecule has 0 amide bonds. The third kappa shape index (κ3) is 42.3. The molecule has 0 saturated heterocycles. The highest BCUT2D eigenvalue weighted by molar-refractivity contribution is 7.47. The Hall–Kier alpha value is -0.960. The molecule has 17 heteroatoms. The summed E-state index contributed by atoms with van der Waals surface area (Å²) >= 11 is 0. The summed E-state index contributed by atoms with van der Waals surface area (Å²) in [6.45, 7) is 0.453. The molecule has 0 fully saturated rings. The zero-order valence-corrected chi connectivity index (χ0v) is 39.2. The van der Waals surface area contributed by atoms with E-state index >= 15 is 0 Å². The minimum Gasteiger partial charge on any atom is -0.463 e. The summed E-state index contributed by atoms with van der Waals surface area (Å²) < 4.78 is 52.9. The Bertz CT molecular complexity index is 1100. The van der Waals surface area contributed by atoms with Crippen molar-refractivity contribution in [3.8, 4) is 0 Å². The quantitative estimate of drug-likeness (QED) is 0.0218. The van der Waals surface area contributed by atoms with E-state index in [2.05, 4.69) is 31.9 Å². The van der Waals surface area contributed by atoms with Crippen molar-refractivity contribution >= 4 is 27.6 Å². The zero-order valence-electron chi connectivity index (χ0n) is 37.4. The lowest BCUT2D eigenvalue weighted by Gasteiger charge is -2.19. The molecule has 0 bridgehead atoms. The maximum absolute atomic E-state index is 12.1. The molecule has 0 aromatic carbocycles. The molecule has 5 N–H and O–H groups in total. The van der Waals surface area contributed by atoms with Crippen LogP contribution < -0.4 is 0 Å². The topological polar surface area (TPSA) is 225 Å². The minimum atomic E-state index is -4.78. The van der Waals surface area contributed by atoms with E-state index in [0.29, 0.717) is 12.8 Å². The van der Waals surface area contributed by atoms with Gasteiger partial charge in [0.05, 0.1) is 26.4 Å². The highest BCUT2D eigenvalue weighted by Gasteiger charge is 2.28. The Kier molecular flexibility index (Phi) is 40.1. The van der Waals surface area contributed by atoms with Crippen LogP contribution in [0.2, 0.25) is 0 Å². The summed E-state index contributed by atoms with van der Waals surface area (Å²) in [4.78, 5) is 43.7. The monoisotopic (exact) mass is 905 g/mol. The highest BCUT2D eigenvalue weighted by atomic mass is 31.2. The molecule has 0 aliphatic rings. The molecule has 0 saturated carbocycles. The molecule has 0 heterocycles. The first-order valence-electron chi connectivity index (χ1n) is 23.4. The predicted molar refractivity (Wildman–Crippen MR) is 233 cm³/mol. The molecule has 15 nitrogen and oxygen atoms in total. The SMILES string of the molecule is CCCCCCCCCCCCCCCCCC(=O)OCC(O)COP(=O)(O)OCC(O)COP(=O)(O)OCC(O)COC(=O)CCCCCCCCCCCCCCC. The lowest BCUT2D eigenvalue weighted by atomic mass is 10.0. The fourth-order valence-corrected chi connectivity index (χ4v) is 7.98. The van der Waals surface area contributed by atoms with Gasteiger partial charge < -0.3 is 34.6 Å². The first kappa shape index (κ1) is 59.0. The van der Waals surface area contributed by atoms with Gasteiger partial charge in [-0.25, -0.2) is 9.13 Å². The number of aliphatic hydroxyl groups excluding tert-OH is 3. The van der Waals surface area contributed by atoms with Crippen molar-refractivity contribution in [1.82, 2.24) is 0 Å². The van der Waals surface area contributed by atoms with Crippen LogP contribution >= 0.6 is 15.6 Å². The van der Waals surface area contributed by atoms with Crippen LogP contribution in [-0.2, 0) is 46.3 Å². The Morgan fingerprint density at radius 2 is 0.567 bits per heavy atom. The van der Waals surface area contributed by atoms with Gasteiger partial charge >= 0.3 is 27.6 Å². The van der Waals surface area contributed by atoms with Crippen LogP contribution in [0.4, 0.5) is 0 Å². The van der Waals surface area contributed by atoms with Crippen molar-refractivity contribution in [2.45, 2.75) is 225 Å². The van der Waals surface area contributed by atoms with Crippen molar-refractivity contribution in [3.63, 3.8) is 0 Å². The molecule has 0 radical (unpaired) electrons. The number of phosphoric ester groups is 2. The maximum atomic E-state index is 12.1. The molecule has 0 spiro atoms. The van der Waals surface area contributed by atoms with E-state index in [1.54, 1.807) is 0 Å². The summed E-state index contributed by atoms with van der Waals surface area (Å²) in [6, 6.07) is 0. The number of hydrogen-bond donors (Lipinski definition) is 5. The fourth-order valence-electron chi connectivity index (χ4n) is 6.39. The largest absolute Gasteiger partial charge is 0.472 e. The van der Waals surface area contributed by atoms with Crippen molar-refractivity contribution < 1.29 is 71.4 Å². The van der Waals surface area contributed by atoms with Crippen molar-refractivity contribution in [2.24, 2.45) is 0 Å². The van der Waals surface area contributed by atoms with Gasteiger partial charge in [-0.3, -0.25) is 27.7 Å². The molecule has 60 heavy (non-hydrogen) atoms. The van der Waals surface area contributed by atoms with Gasteiger partial charge in [-0.1, -0.05) is 181 Å². The van der Waals surface area contributed by atoms with Gasteiger partial charge in [0.1, 0.15) is 31.5 Å². The number of hydrogen-bond acceptors (Lipinski definition) is 13. The molecular weight excluding hydrogens is 818 g/mol. The van der Waals surface area contributed by atoms with Gasteiger partial charge in [-0.15, -0.1) is 0 Å². The number of rotatable bonds is 46. The first-order valence-corrected chi connectivity index (χ1v) is 26.4. The molecular formula is C43H86O15P2. The van der Waals surface area contributed by atoms with Gasteiger partial charge in [-0.05, 0) is 12.8 Å². The summed E-state index contributed by atoms with van der Waals surface area (Å²) in [5, 5.41) is 30.0. The van der Waals surface area contributed by atoms with E-state index in [1.165, 1.54) is 128 Å². The Morgan fingerprint density at radius 3 is 0.800 bits per heavy atom. The van der Waals surface area contributed by atoms with Crippen molar-refractivity contribution in [1.29, 1.82) is 0 Å². The molecule has 358 valence electrons. The van der Waals surface area contributed by atoms with Gasteiger partial charge in [0.15, 0.2) is 0 Å². The zero-order chi connectivity index (χ0) is 44.6. The van der Waals surface area contributed by atoms with Crippen molar-refractivity contribution in [2.75, 3.05) is 39.6 Å². The van der Waals surface area contributed by atoms with Crippen LogP contribution in [0.5, 0.6) is 0 Å². The van der Waals surface area contributed by atoms with E-state index in [1.807, 2.05) is 0 Å². The fraction of sp³-hybridized carbons (Fsp3) is 0.953. The lowest BCUT2D eigenvalue weighted by Crippen LogP contribution is -2.25. The summed E-state index contributed by atoms with van der Waals surface area (Å²) in [6.07, 6.45) is 29.5. The summed E-state index contributed by atoms with van der Waals surface area (Å²) in [5.74, 6) is -0.985. The van der Waals surface area contributed by atoms with E-state index < -0.39 is 85.5 Å². The van der Waals surface area contributed by atoms with Gasteiger partial charge in [0.25, 0.3) is 0 Å². The number of ether oxygens (including phenoxy) is 2. The summed E-state index contributed by atoms with van der Waals surface area (Å²) in [5.41, 5.74) is 0. The lowest BCUT2D eigenvalue weighted by molar-refractivity contribution is -0.148. The number of phosphoric acid groups is 2. The van der Waals surface area contributed by atoms with E-state index in [0.717, 1.165) is 38.5 Å². The molecule has 0 aliphatic heterocycles. The number of aliphatic hydroxyl groups is 3. The third-order valence-corrected chi connectivity index (χ3v) is 12.0. The average Bonchev–Trinajstić information content (AvgIpc) is 3.22. The second-order valence-electron chi connectivity index (χ2n) is 16.1. The van der Waals surface area contributed by atoms with E-state index in [9.17, 15) is 43.8 Å². The molecule has 0 aromatic rings. The van der Waals surface area contributed by atoms with Gasteiger partial charge in [0.2, 0.25) is 0 Å². The number of carbonyl (C=O) groups excluding carboxylic acids is 2. The van der Waals surface area contributed by atoms with Crippen LogP contribution in [0.3, 0.4) is 0 Å². The molecule has 5 atom stereocenters. The molecule has 0 rings (SSSR count). The predicted octanol–water partition coefficient (Wildman–Crippen LogP) is 10.2.